The summed E-state index contributed by atoms with van der Waals surface area (Å²) in [6.07, 6.45) is -0.684. The van der Waals surface area contributed by atoms with Crippen molar-refractivity contribution < 1.29 is 67.3 Å². The number of aromatic nitrogens is 1. The maximum Gasteiger partial charge on any atom is 0.328 e. The first kappa shape index (κ1) is 60.5. The Morgan fingerprint density at radius 2 is 1.52 bits per heavy atom. The van der Waals surface area contributed by atoms with E-state index in [0.29, 0.717) is 24.9 Å². The minimum absolute atomic E-state index is 0.00913. The molecule has 1 unspecified atom stereocenters. The van der Waals surface area contributed by atoms with Crippen LogP contribution in [0.25, 0.3) is 21.8 Å². The number of aliphatic hydroxyl groups is 1. The number of aliphatic hydroxyl groups excluding tert-OH is 1. The van der Waals surface area contributed by atoms with E-state index in [9.17, 15) is 53.6 Å². The Labute approximate surface area is 445 Å². The van der Waals surface area contributed by atoms with E-state index in [1.165, 1.54) is 26.0 Å². The number of methoxy groups -OCH3 is 1. The number of nitro groups is 1. The van der Waals surface area contributed by atoms with Gasteiger partial charge in [-0.15, -0.1) is 0 Å². The van der Waals surface area contributed by atoms with Crippen LogP contribution in [0.5, 0.6) is 0 Å². The number of para-hydroxylation sites is 1. The predicted molar refractivity (Wildman–Crippen MR) is 281 cm³/mol. The number of rotatable bonds is 30. The van der Waals surface area contributed by atoms with Crippen molar-refractivity contribution in [3.05, 3.63) is 98.2 Å². The number of nitrogens with two attached hydrogens (primary N) is 1. The predicted octanol–water partition coefficient (Wildman–Crippen LogP) is 4.02. The molecule has 23 heteroatoms. The molecule has 5 amide bonds. The van der Waals surface area contributed by atoms with E-state index in [4.69, 9.17) is 29.4 Å². The molecule has 0 bridgehead atoms. The van der Waals surface area contributed by atoms with Crippen LogP contribution in [0.1, 0.15) is 114 Å². The SMILES string of the molecule is COC(=O)[C@@H](CCC(N)=O)NC(=O)[C@@H](NC(=O)C(C)O[C@H]1[C@H](O)[C@H](COC(=O)CCCCCCCCCCNC(=O)c2ccc([N+](=O)[O-])c3c(=O)c4ccccc4[nH]c23)O[C@@H](OCc2ccccc2)[C@H]1NC(C)=O)C(C)C. The number of pyridine rings is 1. The molecule has 77 heavy (non-hydrogen) atoms. The van der Waals surface area contributed by atoms with Crippen molar-refractivity contribution in [1.82, 2.24) is 26.3 Å². The van der Waals surface area contributed by atoms with Crippen molar-refractivity contribution in [3.8, 4) is 0 Å². The molecule has 23 nitrogen and oxygen atoms in total. The highest BCUT2D eigenvalue weighted by molar-refractivity contribution is 6.10. The molecule has 0 spiro atoms. The van der Waals surface area contributed by atoms with Gasteiger partial charge in [0.15, 0.2) is 6.29 Å². The topological polar surface area (TPSA) is 336 Å². The van der Waals surface area contributed by atoms with Crippen molar-refractivity contribution in [3.63, 3.8) is 0 Å². The average Bonchev–Trinajstić information content (AvgIpc) is 3.42. The zero-order valence-corrected chi connectivity index (χ0v) is 44.0. The minimum Gasteiger partial charge on any atom is -0.467 e. The lowest BCUT2D eigenvalue weighted by molar-refractivity contribution is -0.383. The number of carbonyl (C=O) groups excluding carboxylic acids is 7. The van der Waals surface area contributed by atoms with E-state index in [0.717, 1.165) is 51.2 Å². The van der Waals surface area contributed by atoms with Crippen molar-refractivity contribution in [2.45, 2.75) is 154 Å². The van der Waals surface area contributed by atoms with Gasteiger partial charge in [-0.05, 0) is 55.9 Å². The van der Waals surface area contributed by atoms with Crippen molar-refractivity contribution in [2.75, 3.05) is 20.3 Å². The molecule has 0 aliphatic carbocycles. The van der Waals surface area contributed by atoms with Gasteiger partial charge in [0, 0.05) is 43.3 Å². The summed E-state index contributed by atoms with van der Waals surface area (Å²) < 4.78 is 28.8. The molecule has 418 valence electrons. The standard InChI is InChI=1S/C54H71N7O16/c1-31(2)44(52(69)59-38(53(70)73-5)25-27-41(55)63)60-50(67)32(3)76-49-46(57-33(4)62)54(75-29-34-19-13-12-14-20-34)77-40(48(49)66)30-74-42(64)23-15-10-8-6-7-9-11-18-28-56-51(68)36-24-26-39(61(71)72)43-45(36)58-37-22-17-16-21-35(37)47(43)65/h12-14,16-17,19-22,24,26,31-32,38,40,44,46,48-49,54,66H,6-11,15,18,23,25,27-30H2,1-5H3,(H2,55,63)(H,56,68)(H,57,62)(H,58,65)(H,59,69)(H,60,67)/t32?,38-,40+,44+,46+,48-,49-,54-/m1/s1. The summed E-state index contributed by atoms with van der Waals surface area (Å²) in [6.45, 7) is 5.89. The number of unbranched alkanes of at least 4 members (excludes halogenated alkanes) is 7. The first-order chi connectivity index (χ1) is 36.8. The summed E-state index contributed by atoms with van der Waals surface area (Å²) in [5, 5.41) is 34.3. The highest BCUT2D eigenvalue weighted by atomic mass is 16.7. The molecule has 8 N–H and O–H groups in total. The van der Waals surface area contributed by atoms with Gasteiger partial charge >= 0.3 is 11.9 Å². The molecular formula is C54H71N7O16. The summed E-state index contributed by atoms with van der Waals surface area (Å²) in [5.41, 5.74) is 5.80. The Morgan fingerprint density at radius 1 is 0.857 bits per heavy atom. The Kier molecular flexibility index (Phi) is 23.4. The Bertz CT molecular complexity index is 2750. The fourth-order valence-corrected chi connectivity index (χ4v) is 8.89. The van der Waals surface area contributed by atoms with Crippen LogP contribution < -0.4 is 32.4 Å². The number of aromatic amines is 1. The summed E-state index contributed by atoms with van der Waals surface area (Å²) in [4.78, 5) is 117. The molecule has 1 aromatic heterocycles. The molecule has 5 rings (SSSR count). The summed E-state index contributed by atoms with van der Waals surface area (Å²) in [5.74, 6) is -5.08. The molecule has 2 heterocycles. The second-order valence-electron chi connectivity index (χ2n) is 19.3. The first-order valence-corrected chi connectivity index (χ1v) is 25.9. The van der Waals surface area contributed by atoms with Crippen LogP contribution in [0.3, 0.4) is 0 Å². The molecule has 1 aliphatic heterocycles. The van der Waals surface area contributed by atoms with Crippen molar-refractivity contribution >= 4 is 69.0 Å². The molecule has 0 saturated carbocycles. The van der Waals surface area contributed by atoms with Crippen LogP contribution in [0.15, 0.2) is 71.5 Å². The van der Waals surface area contributed by atoms with E-state index >= 15 is 0 Å². The minimum atomic E-state index is -1.58. The summed E-state index contributed by atoms with van der Waals surface area (Å²) in [6, 6.07) is 14.6. The Balaban J connectivity index is 1.09. The molecule has 3 aromatic carbocycles. The molecule has 8 atom stereocenters. The number of ether oxygens (including phenoxy) is 5. The summed E-state index contributed by atoms with van der Waals surface area (Å²) >= 11 is 0. The van der Waals surface area contributed by atoms with Gasteiger partial charge in [0.2, 0.25) is 29.1 Å². The molecule has 1 aliphatic rings. The van der Waals surface area contributed by atoms with Crippen LogP contribution in [0.2, 0.25) is 0 Å². The fourth-order valence-electron chi connectivity index (χ4n) is 8.89. The number of nitrogens with one attached hydrogen (secondary N) is 5. The highest BCUT2D eigenvalue weighted by Crippen LogP contribution is 2.29. The monoisotopic (exact) mass is 1070 g/mol. The second kappa shape index (κ2) is 29.8. The largest absolute Gasteiger partial charge is 0.467 e. The van der Waals surface area contributed by atoms with Gasteiger partial charge in [0.1, 0.15) is 54.5 Å². The molecule has 0 radical (unpaired) electrons. The van der Waals surface area contributed by atoms with Crippen LogP contribution in [0, 0.1) is 16.0 Å². The lowest BCUT2D eigenvalue weighted by Crippen LogP contribution is -2.66. The molecule has 1 fully saturated rings. The maximum absolute atomic E-state index is 13.7. The number of primary amides is 1. The number of hydrogen-bond donors (Lipinski definition) is 7. The number of hydrogen-bond acceptors (Lipinski definition) is 16. The van der Waals surface area contributed by atoms with E-state index in [2.05, 4.69) is 26.3 Å². The Morgan fingerprint density at radius 3 is 2.17 bits per heavy atom. The van der Waals surface area contributed by atoms with E-state index in [1.807, 2.05) is 30.3 Å². The molecule has 4 aromatic rings. The van der Waals surface area contributed by atoms with Gasteiger partial charge in [0.05, 0.1) is 29.7 Å². The third-order valence-electron chi connectivity index (χ3n) is 13.0. The quantitative estimate of drug-likeness (QED) is 0.0127. The number of non-ortho nitro benzene ring substituents is 1. The average molecular weight is 1070 g/mol. The third-order valence-corrected chi connectivity index (χ3v) is 13.0. The first-order valence-electron chi connectivity index (χ1n) is 25.9. The van der Waals surface area contributed by atoms with Gasteiger partial charge in [-0.25, -0.2) is 4.79 Å². The van der Waals surface area contributed by atoms with Gasteiger partial charge in [-0.1, -0.05) is 94.8 Å². The van der Waals surface area contributed by atoms with Gasteiger partial charge in [-0.3, -0.25) is 43.7 Å². The fraction of sp³-hybridized carbons (Fsp3) is 0.519. The number of carbonyl (C=O) groups is 7. The maximum atomic E-state index is 13.7. The number of fused-ring (bicyclic) bond motifs is 2. The van der Waals surface area contributed by atoms with Crippen LogP contribution in [-0.4, -0.2) is 126 Å². The van der Waals surface area contributed by atoms with Crippen LogP contribution in [-0.2, 0) is 59.1 Å². The number of nitro benzene ring substituents is 1. The van der Waals surface area contributed by atoms with Crippen molar-refractivity contribution in [2.24, 2.45) is 11.7 Å². The zero-order chi connectivity index (χ0) is 56.2. The number of amides is 5. The third kappa shape index (κ3) is 17.6. The zero-order valence-electron chi connectivity index (χ0n) is 44.0. The van der Waals surface area contributed by atoms with Gasteiger partial charge < -0.3 is 60.8 Å². The second-order valence-corrected chi connectivity index (χ2v) is 19.3. The summed E-state index contributed by atoms with van der Waals surface area (Å²) in [7, 11) is 1.12. The normalized spacial score (nSPS) is 18.4. The van der Waals surface area contributed by atoms with Gasteiger partial charge in [-0.2, -0.15) is 0 Å². The highest BCUT2D eigenvalue weighted by Gasteiger charge is 2.49. The molecular weight excluding hydrogens is 1000 g/mol. The lowest BCUT2D eigenvalue weighted by atomic mass is 9.96. The number of benzene rings is 3. The lowest BCUT2D eigenvalue weighted by Gasteiger charge is -2.45. The van der Waals surface area contributed by atoms with Crippen molar-refractivity contribution in [1.29, 1.82) is 0 Å². The number of H-pyrrole nitrogens is 1. The van der Waals surface area contributed by atoms with Crippen LogP contribution >= 0.6 is 0 Å². The Hall–Kier alpha value is -7.34. The van der Waals surface area contributed by atoms with Crippen LogP contribution in [0.4, 0.5) is 5.69 Å². The number of nitrogens with zero attached hydrogens (tertiary/aromatic N) is 1. The van der Waals surface area contributed by atoms with E-state index in [-0.39, 0.29) is 53.4 Å². The van der Waals surface area contributed by atoms with Gasteiger partial charge in [0.25, 0.3) is 11.6 Å². The number of esters is 2. The smallest absolute Gasteiger partial charge is 0.328 e. The van der Waals surface area contributed by atoms with E-state index < -0.39 is 113 Å². The molecule has 1 saturated heterocycles. The van der Waals surface area contributed by atoms with E-state index in [1.54, 1.807) is 38.1 Å².